The highest BCUT2D eigenvalue weighted by Crippen LogP contribution is 2.39. The van der Waals surface area contributed by atoms with Gasteiger partial charge in [-0.15, -0.1) is 0 Å². The van der Waals surface area contributed by atoms with Crippen molar-refractivity contribution >= 4 is 23.0 Å². The van der Waals surface area contributed by atoms with Crippen LogP contribution in [0.2, 0.25) is 0 Å². The molecule has 0 bridgehead atoms. The van der Waals surface area contributed by atoms with E-state index in [0.29, 0.717) is 10.7 Å². The highest BCUT2D eigenvalue weighted by molar-refractivity contribution is 6.33. The van der Waals surface area contributed by atoms with Crippen LogP contribution in [-0.4, -0.2) is 16.9 Å². The lowest BCUT2D eigenvalue weighted by molar-refractivity contribution is 0.444. The minimum absolute atomic E-state index is 0.0134. The first-order chi connectivity index (χ1) is 10.3. The van der Waals surface area contributed by atoms with Crippen molar-refractivity contribution in [3.63, 3.8) is 0 Å². The number of hydrogen-bond acceptors (Lipinski definition) is 4. The van der Waals surface area contributed by atoms with Gasteiger partial charge in [0.25, 0.3) is 0 Å². The van der Waals surface area contributed by atoms with E-state index in [1.54, 1.807) is 5.12 Å². The summed E-state index contributed by atoms with van der Waals surface area (Å²) in [6.07, 6.45) is 5.63. The molecule has 1 unspecified atom stereocenters. The van der Waals surface area contributed by atoms with Gasteiger partial charge in [-0.2, -0.15) is 15.6 Å². The van der Waals surface area contributed by atoms with Crippen molar-refractivity contribution < 1.29 is 5.11 Å². The second-order valence-corrected chi connectivity index (χ2v) is 7.20. The molecule has 1 atom stereocenters. The van der Waals surface area contributed by atoms with Gasteiger partial charge in [0, 0.05) is 10.6 Å². The first-order valence-electron chi connectivity index (χ1n) is 7.30. The number of aromatic hydroxyl groups is 1. The molecule has 3 rings (SSSR count). The second kappa shape index (κ2) is 5.14. The Morgan fingerprint density at radius 2 is 2.05 bits per heavy atom. The number of phenolic OH excluding ortho intramolecular Hbond substituents is 1. The predicted molar refractivity (Wildman–Crippen MR) is 91.5 cm³/mol. The van der Waals surface area contributed by atoms with Crippen LogP contribution in [0, 0.1) is 6.92 Å². The summed E-state index contributed by atoms with van der Waals surface area (Å²) in [5, 5.41) is 17.5. The van der Waals surface area contributed by atoms with Crippen molar-refractivity contribution in [2.24, 2.45) is 5.10 Å². The summed E-state index contributed by atoms with van der Waals surface area (Å²) in [7, 11) is 0. The summed E-state index contributed by atoms with van der Waals surface area (Å²) in [6, 6.07) is 3.93. The number of hydrogen-bond donors (Lipinski definition) is 2. The molecule has 0 saturated carbocycles. The fourth-order valence-corrected chi connectivity index (χ4v) is 2.84. The number of halogens is 1. The van der Waals surface area contributed by atoms with Gasteiger partial charge >= 0.3 is 0 Å². The Kier molecular flexibility index (Phi) is 3.54. The van der Waals surface area contributed by atoms with E-state index in [0.717, 1.165) is 16.8 Å². The number of anilines is 1. The first kappa shape index (κ1) is 15.1. The Balaban J connectivity index is 2.04. The van der Waals surface area contributed by atoms with Crippen LogP contribution in [0.1, 0.15) is 31.9 Å². The van der Waals surface area contributed by atoms with Crippen molar-refractivity contribution in [3.8, 4) is 5.75 Å². The molecule has 0 radical (unpaired) electrons. The molecule has 0 amide bonds. The van der Waals surface area contributed by atoms with Gasteiger partial charge in [-0.1, -0.05) is 44.5 Å². The van der Waals surface area contributed by atoms with E-state index in [1.807, 2.05) is 37.3 Å². The van der Waals surface area contributed by atoms with Crippen molar-refractivity contribution in [1.29, 1.82) is 0 Å². The van der Waals surface area contributed by atoms with Crippen LogP contribution in [0.4, 0.5) is 5.69 Å². The summed E-state index contributed by atoms with van der Waals surface area (Å²) >= 11 is 6.02. The maximum absolute atomic E-state index is 10.7. The molecule has 1 aliphatic heterocycles. The molecular weight excluding hydrogens is 298 g/mol. The van der Waals surface area contributed by atoms with Gasteiger partial charge in [-0.05, 0) is 36.1 Å². The highest BCUT2D eigenvalue weighted by atomic mass is 35.5. The molecule has 2 aliphatic rings. The Labute approximate surface area is 135 Å². The SMILES string of the molecule is Cc1cc(N2N=C3C=C(Cl)C=CC3N2)c(O)c(C(C)(C)C)c1. The number of aryl methyl sites for hydroxylation is 1. The Hall–Kier alpha value is -1.78. The highest BCUT2D eigenvalue weighted by Gasteiger charge is 2.29. The molecular formula is C17H20ClN3O. The van der Waals surface area contributed by atoms with Crippen LogP contribution >= 0.6 is 11.6 Å². The van der Waals surface area contributed by atoms with Crippen LogP contribution in [0.15, 0.2) is 40.5 Å². The molecule has 0 aromatic heterocycles. The van der Waals surface area contributed by atoms with E-state index in [1.165, 1.54) is 0 Å². The van der Waals surface area contributed by atoms with Crippen molar-refractivity contribution in [1.82, 2.24) is 5.43 Å². The number of benzene rings is 1. The molecule has 0 spiro atoms. The second-order valence-electron chi connectivity index (χ2n) is 6.76. The molecule has 22 heavy (non-hydrogen) atoms. The summed E-state index contributed by atoms with van der Waals surface area (Å²) in [5.41, 5.74) is 6.59. The quantitative estimate of drug-likeness (QED) is 0.829. The zero-order chi connectivity index (χ0) is 16.1. The van der Waals surface area contributed by atoms with Crippen LogP contribution in [0.3, 0.4) is 0 Å². The minimum atomic E-state index is -0.145. The lowest BCUT2D eigenvalue weighted by Gasteiger charge is -2.25. The Morgan fingerprint density at radius 1 is 1.32 bits per heavy atom. The third-order valence-electron chi connectivity index (χ3n) is 3.80. The monoisotopic (exact) mass is 317 g/mol. The zero-order valence-electron chi connectivity index (χ0n) is 13.2. The third-order valence-corrected chi connectivity index (χ3v) is 4.03. The molecule has 0 fully saturated rings. The smallest absolute Gasteiger partial charge is 0.146 e. The van der Waals surface area contributed by atoms with Crippen LogP contribution < -0.4 is 10.5 Å². The number of phenols is 1. The first-order valence-corrected chi connectivity index (χ1v) is 7.68. The number of allylic oxidation sites excluding steroid dienone is 2. The van der Waals surface area contributed by atoms with Gasteiger partial charge < -0.3 is 5.11 Å². The fraction of sp³-hybridized carbons (Fsp3) is 0.353. The van der Waals surface area contributed by atoms with Crippen molar-refractivity contribution in [2.75, 3.05) is 5.12 Å². The summed E-state index contributed by atoms with van der Waals surface area (Å²) in [6.45, 7) is 8.27. The van der Waals surface area contributed by atoms with Gasteiger partial charge in [0.1, 0.15) is 11.4 Å². The summed E-state index contributed by atoms with van der Waals surface area (Å²) in [4.78, 5) is 0. The largest absolute Gasteiger partial charge is 0.505 e. The van der Waals surface area contributed by atoms with Crippen molar-refractivity contribution in [3.05, 3.63) is 46.5 Å². The van der Waals surface area contributed by atoms with Gasteiger partial charge in [0.15, 0.2) is 0 Å². The predicted octanol–water partition coefficient (Wildman–Crippen LogP) is 3.74. The number of hydrazone groups is 1. The Bertz CT molecular complexity index is 713. The van der Waals surface area contributed by atoms with E-state index in [-0.39, 0.29) is 17.2 Å². The van der Waals surface area contributed by atoms with Gasteiger partial charge in [0.2, 0.25) is 0 Å². The van der Waals surface area contributed by atoms with Gasteiger partial charge in [-0.3, -0.25) is 0 Å². The van der Waals surface area contributed by atoms with E-state index in [9.17, 15) is 5.11 Å². The summed E-state index contributed by atoms with van der Waals surface area (Å²) < 4.78 is 0. The van der Waals surface area contributed by atoms with Crippen LogP contribution in [0.25, 0.3) is 0 Å². The molecule has 1 heterocycles. The average molecular weight is 318 g/mol. The maximum Gasteiger partial charge on any atom is 0.146 e. The van der Waals surface area contributed by atoms with Gasteiger partial charge in [-0.25, -0.2) is 0 Å². The van der Waals surface area contributed by atoms with Gasteiger partial charge in [0.05, 0.1) is 11.8 Å². The molecule has 5 heteroatoms. The fourth-order valence-electron chi connectivity index (χ4n) is 2.66. The normalized spacial score (nSPS) is 20.8. The molecule has 4 nitrogen and oxygen atoms in total. The van der Waals surface area contributed by atoms with E-state index < -0.39 is 0 Å². The maximum atomic E-state index is 10.7. The number of rotatable bonds is 1. The summed E-state index contributed by atoms with van der Waals surface area (Å²) in [5.74, 6) is 0.257. The van der Waals surface area contributed by atoms with Crippen LogP contribution in [0.5, 0.6) is 5.75 Å². The molecule has 1 aromatic carbocycles. The lowest BCUT2D eigenvalue weighted by atomic mass is 9.85. The molecule has 1 aliphatic carbocycles. The van der Waals surface area contributed by atoms with E-state index in [2.05, 4.69) is 31.3 Å². The molecule has 1 aromatic rings. The minimum Gasteiger partial charge on any atom is -0.505 e. The molecule has 0 saturated heterocycles. The average Bonchev–Trinajstić information content (AvgIpc) is 2.82. The molecule has 116 valence electrons. The van der Waals surface area contributed by atoms with Crippen molar-refractivity contribution in [2.45, 2.75) is 39.2 Å². The number of nitrogens with zero attached hydrogens (tertiary/aromatic N) is 2. The zero-order valence-corrected chi connectivity index (χ0v) is 13.9. The molecule has 2 N–H and O–H groups in total. The van der Waals surface area contributed by atoms with Crippen LogP contribution in [-0.2, 0) is 5.41 Å². The number of hydrazine groups is 1. The number of fused-ring (bicyclic) bond motifs is 1. The third kappa shape index (κ3) is 2.64. The number of nitrogens with one attached hydrogen (secondary N) is 1. The Morgan fingerprint density at radius 3 is 2.73 bits per heavy atom. The van der Waals surface area contributed by atoms with E-state index >= 15 is 0 Å². The standard InChI is InChI=1S/C17H20ClN3O/c1-10-7-12(17(2,3)4)16(22)15(8-10)21-19-13-6-5-11(18)9-14(13)20-21/h5-9,13,19,22H,1-4H3. The topological polar surface area (TPSA) is 47.9 Å². The lowest BCUT2D eigenvalue weighted by Crippen LogP contribution is -2.37. The van der Waals surface area contributed by atoms with E-state index in [4.69, 9.17) is 11.6 Å².